The summed E-state index contributed by atoms with van der Waals surface area (Å²) in [5, 5.41) is 11.0. The quantitative estimate of drug-likeness (QED) is 0.468. The second-order valence-corrected chi connectivity index (χ2v) is 4.00. The molecule has 2 rings (SSSR count). The van der Waals surface area contributed by atoms with Crippen molar-refractivity contribution < 1.29 is 14.4 Å². The number of hydrazine groups is 1. The number of rotatable bonds is 5. The lowest BCUT2D eigenvalue weighted by molar-refractivity contribution is -0.385. The van der Waals surface area contributed by atoms with E-state index in [9.17, 15) is 10.1 Å². The van der Waals surface area contributed by atoms with E-state index in [1.54, 1.807) is 12.1 Å². The van der Waals surface area contributed by atoms with Crippen molar-refractivity contribution in [3.8, 4) is 5.75 Å². The Bertz CT molecular complexity index is 432. The molecule has 3 N–H and O–H groups in total. The maximum atomic E-state index is 11.0. The van der Waals surface area contributed by atoms with Crippen LogP contribution in [0, 0.1) is 10.1 Å². The molecule has 1 atom stereocenters. The molecule has 1 aliphatic rings. The first kappa shape index (κ1) is 12.6. The monoisotopic (exact) mass is 253 g/mol. The summed E-state index contributed by atoms with van der Waals surface area (Å²) in [7, 11) is 0. The molecule has 0 bridgehead atoms. The number of nitro benzene ring substituents is 1. The van der Waals surface area contributed by atoms with Gasteiger partial charge in [0.15, 0.2) is 5.75 Å². The Labute approximate surface area is 104 Å². The molecule has 18 heavy (non-hydrogen) atoms. The second-order valence-electron chi connectivity index (χ2n) is 4.00. The third kappa shape index (κ3) is 2.69. The predicted octanol–water partition coefficient (Wildman–Crippen LogP) is 1.44. The fourth-order valence-electron chi connectivity index (χ4n) is 1.90. The number of benzene rings is 1. The Morgan fingerprint density at radius 2 is 2.44 bits per heavy atom. The first-order chi connectivity index (χ1) is 8.72. The molecule has 0 spiro atoms. The highest BCUT2D eigenvalue weighted by molar-refractivity contribution is 5.67. The van der Waals surface area contributed by atoms with E-state index >= 15 is 0 Å². The normalized spacial score (nSPS) is 18.6. The van der Waals surface area contributed by atoms with Crippen LogP contribution in [0.15, 0.2) is 18.2 Å². The van der Waals surface area contributed by atoms with Crippen molar-refractivity contribution in [2.45, 2.75) is 18.9 Å². The van der Waals surface area contributed by atoms with Gasteiger partial charge in [0.1, 0.15) is 12.3 Å². The van der Waals surface area contributed by atoms with Gasteiger partial charge in [-0.3, -0.25) is 16.0 Å². The molecule has 1 aromatic carbocycles. The molecule has 1 unspecified atom stereocenters. The SMILES string of the molecule is NNc1cccc(OCC2CCCO2)c1[N+](=O)[O-]. The Morgan fingerprint density at radius 3 is 3.06 bits per heavy atom. The van der Waals surface area contributed by atoms with Gasteiger partial charge in [-0.1, -0.05) is 6.07 Å². The summed E-state index contributed by atoms with van der Waals surface area (Å²) in [5.74, 6) is 5.44. The van der Waals surface area contributed by atoms with Crippen LogP contribution in [-0.4, -0.2) is 24.2 Å². The molecular formula is C11H15N3O4. The highest BCUT2D eigenvalue weighted by Gasteiger charge is 2.22. The average Bonchev–Trinajstić information content (AvgIpc) is 2.88. The van der Waals surface area contributed by atoms with Crippen LogP contribution in [0.5, 0.6) is 5.75 Å². The third-order valence-corrected chi connectivity index (χ3v) is 2.79. The number of nitrogen functional groups attached to an aromatic ring is 1. The third-order valence-electron chi connectivity index (χ3n) is 2.79. The molecule has 1 saturated heterocycles. The van der Waals surface area contributed by atoms with Gasteiger partial charge in [-0.2, -0.15) is 0 Å². The lowest BCUT2D eigenvalue weighted by Gasteiger charge is -2.12. The number of para-hydroxylation sites is 1. The van der Waals surface area contributed by atoms with Gasteiger partial charge < -0.3 is 14.9 Å². The molecule has 0 aliphatic carbocycles. The summed E-state index contributed by atoms with van der Waals surface area (Å²) >= 11 is 0. The number of anilines is 1. The van der Waals surface area contributed by atoms with Gasteiger partial charge in [0.05, 0.1) is 11.0 Å². The lowest BCUT2D eigenvalue weighted by Crippen LogP contribution is -2.17. The maximum absolute atomic E-state index is 11.0. The number of nitro groups is 1. The van der Waals surface area contributed by atoms with Gasteiger partial charge in [0.25, 0.3) is 0 Å². The molecule has 0 radical (unpaired) electrons. The smallest absolute Gasteiger partial charge is 0.335 e. The fraction of sp³-hybridized carbons (Fsp3) is 0.455. The number of nitrogens with zero attached hydrogens (tertiary/aromatic N) is 1. The average molecular weight is 253 g/mol. The standard InChI is InChI=1S/C11H15N3O4/c12-13-9-4-1-5-10(11(9)14(15)16)18-7-8-3-2-6-17-8/h1,4-5,8,13H,2-3,6-7,12H2. The van der Waals surface area contributed by atoms with Crippen molar-refractivity contribution in [1.29, 1.82) is 0 Å². The number of hydrogen-bond acceptors (Lipinski definition) is 6. The molecule has 1 aliphatic heterocycles. The van der Waals surface area contributed by atoms with E-state index in [0.717, 1.165) is 19.4 Å². The van der Waals surface area contributed by atoms with Crippen molar-refractivity contribution in [3.63, 3.8) is 0 Å². The van der Waals surface area contributed by atoms with Crippen molar-refractivity contribution in [2.24, 2.45) is 5.84 Å². The Morgan fingerprint density at radius 1 is 1.61 bits per heavy atom. The summed E-state index contributed by atoms with van der Waals surface area (Å²) in [5.41, 5.74) is 2.36. The predicted molar refractivity (Wildman–Crippen MR) is 65.4 cm³/mol. The Kier molecular flexibility index (Phi) is 3.96. The number of nitrogens with two attached hydrogens (primary N) is 1. The molecule has 1 heterocycles. The first-order valence-corrected chi connectivity index (χ1v) is 5.71. The minimum Gasteiger partial charge on any atom is -0.484 e. The molecule has 7 nitrogen and oxygen atoms in total. The molecule has 1 fully saturated rings. The van der Waals surface area contributed by atoms with E-state index in [1.807, 2.05) is 0 Å². The van der Waals surface area contributed by atoms with Crippen LogP contribution in [-0.2, 0) is 4.74 Å². The van der Waals surface area contributed by atoms with Crippen molar-refractivity contribution >= 4 is 11.4 Å². The highest BCUT2D eigenvalue weighted by atomic mass is 16.6. The lowest BCUT2D eigenvalue weighted by atomic mass is 10.2. The highest BCUT2D eigenvalue weighted by Crippen LogP contribution is 2.34. The van der Waals surface area contributed by atoms with Crippen LogP contribution in [0.4, 0.5) is 11.4 Å². The molecule has 0 aromatic heterocycles. The molecule has 0 amide bonds. The van der Waals surface area contributed by atoms with Crippen LogP contribution in [0.25, 0.3) is 0 Å². The molecule has 0 saturated carbocycles. The molecular weight excluding hydrogens is 238 g/mol. The van der Waals surface area contributed by atoms with E-state index in [2.05, 4.69) is 5.43 Å². The summed E-state index contributed by atoms with van der Waals surface area (Å²) in [6.45, 7) is 1.04. The largest absolute Gasteiger partial charge is 0.484 e. The topological polar surface area (TPSA) is 99.7 Å². The maximum Gasteiger partial charge on any atom is 0.335 e. The minimum atomic E-state index is -0.514. The van der Waals surface area contributed by atoms with Gasteiger partial charge in [-0.15, -0.1) is 0 Å². The fourth-order valence-corrected chi connectivity index (χ4v) is 1.90. The zero-order chi connectivity index (χ0) is 13.0. The zero-order valence-electron chi connectivity index (χ0n) is 9.80. The molecule has 98 valence electrons. The minimum absolute atomic E-state index is 0.0131. The van der Waals surface area contributed by atoms with E-state index in [-0.39, 0.29) is 23.2 Å². The van der Waals surface area contributed by atoms with Crippen molar-refractivity contribution in [3.05, 3.63) is 28.3 Å². The van der Waals surface area contributed by atoms with Gasteiger partial charge >= 0.3 is 5.69 Å². The van der Waals surface area contributed by atoms with Crippen LogP contribution < -0.4 is 16.0 Å². The van der Waals surface area contributed by atoms with Crippen LogP contribution in [0.2, 0.25) is 0 Å². The van der Waals surface area contributed by atoms with Crippen LogP contribution >= 0.6 is 0 Å². The van der Waals surface area contributed by atoms with Crippen molar-refractivity contribution in [2.75, 3.05) is 18.6 Å². The number of hydrogen-bond donors (Lipinski definition) is 2. The molecule has 1 aromatic rings. The first-order valence-electron chi connectivity index (χ1n) is 5.71. The molecule has 7 heteroatoms. The van der Waals surface area contributed by atoms with Crippen molar-refractivity contribution in [1.82, 2.24) is 0 Å². The van der Waals surface area contributed by atoms with E-state index in [1.165, 1.54) is 6.07 Å². The number of ether oxygens (including phenoxy) is 2. The summed E-state index contributed by atoms with van der Waals surface area (Å²) in [4.78, 5) is 10.5. The van der Waals surface area contributed by atoms with Gasteiger partial charge in [-0.05, 0) is 25.0 Å². The van der Waals surface area contributed by atoms with Gasteiger partial charge in [0.2, 0.25) is 0 Å². The Balaban J connectivity index is 2.13. The summed E-state index contributed by atoms with van der Waals surface area (Å²) in [6.07, 6.45) is 1.93. The zero-order valence-corrected chi connectivity index (χ0v) is 9.80. The summed E-state index contributed by atoms with van der Waals surface area (Å²) in [6, 6.07) is 4.72. The van der Waals surface area contributed by atoms with Gasteiger partial charge in [0, 0.05) is 6.61 Å². The van der Waals surface area contributed by atoms with Crippen LogP contribution in [0.3, 0.4) is 0 Å². The van der Waals surface area contributed by atoms with E-state index < -0.39 is 4.92 Å². The Hall–Kier alpha value is -1.86. The van der Waals surface area contributed by atoms with Crippen LogP contribution in [0.1, 0.15) is 12.8 Å². The van der Waals surface area contributed by atoms with E-state index in [0.29, 0.717) is 6.61 Å². The van der Waals surface area contributed by atoms with E-state index in [4.69, 9.17) is 15.3 Å². The second kappa shape index (κ2) is 5.65. The van der Waals surface area contributed by atoms with Gasteiger partial charge in [-0.25, -0.2) is 0 Å². The summed E-state index contributed by atoms with van der Waals surface area (Å²) < 4.78 is 10.9. The number of nitrogens with one attached hydrogen (secondary N) is 1.